The summed E-state index contributed by atoms with van der Waals surface area (Å²) < 4.78 is 18.4. The SMILES string of the molecule is O=C1COCC2(CCNC2)N1c1ccc(F)cc1. The summed E-state index contributed by atoms with van der Waals surface area (Å²) in [4.78, 5) is 13.9. The molecule has 2 aliphatic rings. The van der Waals surface area contributed by atoms with Gasteiger partial charge in [-0.05, 0) is 37.2 Å². The van der Waals surface area contributed by atoms with E-state index in [4.69, 9.17) is 4.74 Å². The lowest BCUT2D eigenvalue weighted by molar-refractivity contribution is -0.129. The van der Waals surface area contributed by atoms with Gasteiger partial charge in [-0.15, -0.1) is 0 Å². The van der Waals surface area contributed by atoms with Gasteiger partial charge in [0.25, 0.3) is 5.91 Å². The molecule has 96 valence electrons. The fourth-order valence-corrected chi connectivity index (χ4v) is 2.77. The number of nitrogens with one attached hydrogen (secondary N) is 1. The maximum atomic E-state index is 13.0. The van der Waals surface area contributed by atoms with Crippen LogP contribution in [-0.4, -0.2) is 37.7 Å². The highest BCUT2D eigenvalue weighted by Crippen LogP contribution is 2.32. The highest BCUT2D eigenvalue weighted by atomic mass is 19.1. The largest absolute Gasteiger partial charge is 0.369 e. The van der Waals surface area contributed by atoms with E-state index in [1.54, 1.807) is 17.0 Å². The molecule has 3 rings (SSSR count). The first-order valence-corrected chi connectivity index (χ1v) is 6.08. The third kappa shape index (κ3) is 1.79. The zero-order chi connectivity index (χ0) is 12.6. The predicted octanol–water partition coefficient (Wildman–Crippen LogP) is 0.921. The fourth-order valence-electron chi connectivity index (χ4n) is 2.77. The van der Waals surface area contributed by atoms with E-state index in [1.165, 1.54) is 12.1 Å². The highest BCUT2D eigenvalue weighted by molar-refractivity contribution is 5.96. The van der Waals surface area contributed by atoms with E-state index in [-0.39, 0.29) is 23.9 Å². The molecule has 1 atom stereocenters. The Morgan fingerprint density at radius 1 is 1.33 bits per heavy atom. The summed E-state index contributed by atoms with van der Waals surface area (Å²) in [5, 5.41) is 3.27. The van der Waals surface area contributed by atoms with Crippen LogP contribution >= 0.6 is 0 Å². The van der Waals surface area contributed by atoms with Crippen molar-refractivity contribution in [3.8, 4) is 0 Å². The Kier molecular flexibility index (Phi) is 2.80. The molecule has 1 N–H and O–H groups in total. The van der Waals surface area contributed by atoms with E-state index in [2.05, 4.69) is 5.32 Å². The van der Waals surface area contributed by atoms with Crippen LogP contribution in [0.5, 0.6) is 0 Å². The summed E-state index contributed by atoms with van der Waals surface area (Å²) in [5.74, 6) is -0.352. The molecule has 1 aromatic rings. The van der Waals surface area contributed by atoms with Crippen molar-refractivity contribution in [2.75, 3.05) is 31.2 Å². The van der Waals surface area contributed by atoms with Crippen molar-refractivity contribution in [2.45, 2.75) is 12.0 Å². The van der Waals surface area contributed by atoms with E-state index in [1.807, 2.05) is 0 Å². The van der Waals surface area contributed by atoms with Crippen LogP contribution in [0.25, 0.3) is 0 Å². The van der Waals surface area contributed by atoms with Gasteiger partial charge in [0.15, 0.2) is 0 Å². The smallest absolute Gasteiger partial charge is 0.253 e. The number of hydrogen-bond acceptors (Lipinski definition) is 3. The molecule has 0 aliphatic carbocycles. The van der Waals surface area contributed by atoms with Crippen molar-refractivity contribution in [2.24, 2.45) is 0 Å². The number of carbonyl (C=O) groups excluding carboxylic acids is 1. The number of benzene rings is 1. The molecule has 2 aliphatic heterocycles. The number of carbonyl (C=O) groups is 1. The van der Waals surface area contributed by atoms with Crippen LogP contribution in [0.1, 0.15) is 6.42 Å². The quantitative estimate of drug-likeness (QED) is 0.806. The summed E-state index contributed by atoms with van der Waals surface area (Å²) in [6.45, 7) is 2.21. The molecule has 0 saturated carbocycles. The number of hydrogen-bond donors (Lipinski definition) is 1. The lowest BCUT2D eigenvalue weighted by atomic mass is 9.94. The maximum Gasteiger partial charge on any atom is 0.253 e. The monoisotopic (exact) mass is 250 g/mol. The van der Waals surface area contributed by atoms with Gasteiger partial charge in [0.1, 0.15) is 12.4 Å². The average Bonchev–Trinajstić information content (AvgIpc) is 2.80. The molecule has 0 radical (unpaired) electrons. The van der Waals surface area contributed by atoms with Crippen molar-refractivity contribution in [3.63, 3.8) is 0 Å². The Balaban J connectivity index is 1.99. The minimum atomic E-state index is -0.312. The highest BCUT2D eigenvalue weighted by Gasteiger charge is 2.46. The molecule has 1 spiro atoms. The lowest BCUT2D eigenvalue weighted by Gasteiger charge is -2.43. The van der Waals surface area contributed by atoms with Crippen LogP contribution in [-0.2, 0) is 9.53 Å². The zero-order valence-corrected chi connectivity index (χ0v) is 9.99. The summed E-state index contributed by atoms with van der Waals surface area (Å²) in [5.41, 5.74) is 0.432. The van der Waals surface area contributed by atoms with E-state index in [0.717, 1.165) is 25.2 Å². The van der Waals surface area contributed by atoms with Crippen LogP contribution in [0.3, 0.4) is 0 Å². The van der Waals surface area contributed by atoms with Gasteiger partial charge in [-0.25, -0.2) is 4.39 Å². The topological polar surface area (TPSA) is 41.6 Å². The Morgan fingerprint density at radius 2 is 2.11 bits per heavy atom. The molecule has 0 bridgehead atoms. The standard InChI is InChI=1S/C13H15FN2O2/c14-10-1-3-11(4-2-10)16-12(17)7-18-9-13(16)5-6-15-8-13/h1-4,15H,5-9H2. The minimum absolute atomic E-state index is 0.0587. The van der Waals surface area contributed by atoms with Gasteiger partial charge in [0, 0.05) is 12.2 Å². The Bertz CT molecular complexity index is 455. The van der Waals surface area contributed by atoms with Gasteiger partial charge in [0.2, 0.25) is 0 Å². The van der Waals surface area contributed by atoms with Gasteiger partial charge < -0.3 is 15.0 Å². The fraction of sp³-hybridized carbons (Fsp3) is 0.462. The third-order valence-corrected chi connectivity index (χ3v) is 3.63. The molecule has 1 aromatic carbocycles. The predicted molar refractivity (Wildman–Crippen MR) is 64.9 cm³/mol. The second-order valence-corrected chi connectivity index (χ2v) is 4.85. The zero-order valence-electron chi connectivity index (χ0n) is 9.99. The van der Waals surface area contributed by atoms with E-state index in [9.17, 15) is 9.18 Å². The van der Waals surface area contributed by atoms with Crippen molar-refractivity contribution in [1.82, 2.24) is 5.32 Å². The molecule has 2 saturated heterocycles. The third-order valence-electron chi connectivity index (χ3n) is 3.63. The van der Waals surface area contributed by atoms with Crippen LogP contribution < -0.4 is 10.2 Å². The molecule has 18 heavy (non-hydrogen) atoms. The Morgan fingerprint density at radius 3 is 2.78 bits per heavy atom. The van der Waals surface area contributed by atoms with Crippen molar-refractivity contribution in [3.05, 3.63) is 30.1 Å². The number of morpholine rings is 1. The van der Waals surface area contributed by atoms with Crippen LogP contribution in [0, 0.1) is 5.82 Å². The van der Waals surface area contributed by atoms with Gasteiger partial charge in [-0.3, -0.25) is 4.79 Å². The number of halogens is 1. The summed E-state index contributed by atoms with van der Waals surface area (Å²) in [7, 11) is 0. The van der Waals surface area contributed by atoms with Gasteiger partial charge >= 0.3 is 0 Å². The van der Waals surface area contributed by atoms with Gasteiger partial charge in [-0.1, -0.05) is 0 Å². The summed E-state index contributed by atoms with van der Waals surface area (Å²) >= 11 is 0. The summed E-state index contributed by atoms with van der Waals surface area (Å²) in [6.07, 6.45) is 0.857. The normalized spacial score (nSPS) is 28.1. The molecule has 0 aromatic heterocycles. The van der Waals surface area contributed by atoms with Crippen molar-refractivity contribution in [1.29, 1.82) is 0 Å². The van der Waals surface area contributed by atoms with E-state index < -0.39 is 0 Å². The first-order valence-electron chi connectivity index (χ1n) is 6.08. The summed E-state index contributed by atoms with van der Waals surface area (Å²) in [6, 6.07) is 6.07. The number of nitrogens with zero attached hydrogens (tertiary/aromatic N) is 1. The second kappa shape index (κ2) is 4.33. The molecule has 2 heterocycles. The van der Waals surface area contributed by atoms with Gasteiger partial charge in [-0.2, -0.15) is 0 Å². The second-order valence-electron chi connectivity index (χ2n) is 4.85. The first kappa shape index (κ1) is 11.6. The minimum Gasteiger partial charge on any atom is -0.369 e. The first-order chi connectivity index (χ1) is 8.71. The molecular weight excluding hydrogens is 235 g/mol. The number of ether oxygens (including phenoxy) is 1. The van der Waals surface area contributed by atoms with E-state index >= 15 is 0 Å². The average molecular weight is 250 g/mol. The lowest BCUT2D eigenvalue weighted by Crippen LogP contribution is -2.61. The maximum absolute atomic E-state index is 13.0. The van der Waals surface area contributed by atoms with Crippen LogP contribution in [0.15, 0.2) is 24.3 Å². The molecule has 4 nitrogen and oxygen atoms in total. The molecule has 1 amide bonds. The Hall–Kier alpha value is -1.46. The number of amides is 1. The van der Waals surface area contributed by atoms with Crippen molar-refractivity contribution >= 4 is 11.6 Å². The van der Waals surface area contributed by atoms with Crippen molar-refractivity contribution < 1.29 is 13.9 Å². The molecule has 2 fully saturated rings. The van der Waals surface area contributed by atoms with Crippen LogP contribution in [0.4, 0.5) is 10.1 Å². The molecular formula is C13H15FN2O2. The Labute approximate surface area is 105 Å². The van der Waals surface area contributed by atoms with Crippen LogP contribution in [0.2, 0.25) is 0 Å². The number of rotatable bonds is 1. The van der Waals surface area contributed by atoms with E-state index in [0.29, 0.717) is 6.61 Å². The van der Waals surface area contributed by atoms with Gasteiger partial charge in [0.05, 0.1) is 12.1 Å². The molecule has 5 heteroatoms. The number of anilines is 1. The molecule has 1 unspecified atom stereocenters.